The van der Waals surface area contributed by atoms with Crippen molar-refractivity contribution in [1.82, 2.24) is 9.56 Å². The van der Waals surface area contributed by atoms with Crippen molar-refractivity contribution in [2.75, 3.05) is 38.5 Å². The van der Waals surface area contributed by atoms with Crippen LogP contribution in [0.1, 0.15) is 11.1 Å². The number of aromatic hydroxyl groups is 2. The Labute approximate surface area is 284 Å². The third-order valence-electron chi connectivity index (χ3n) is 7.34. The zero-order chi connectivity index (χ0) is 35.2. The van der Waals surface area contributed by atoms with Crippen molar-refractivity contribution in [2.45, 2.75) is 0 Å². The van der Waals surface area contributed by atoms with Gasteiger partial charge in [0.25, 0.3) is 5.69 Å². The van der Waals surface area contributed by atoms with E-state index in [4.69, 9.17) is 4.98 Å². The molecule has 13 nitrogen and oxygen atoms in total. The van der Waals surface area contributed by atoms with E-state index >= 15 is 0 Å². The summed E-state index contributed by atoms with van der Waals surface area (Å²) in [6.45, 7) is 0. The number of phenols is 2. The van der Waals surface area contributed by atoms with Crippen molar-refractivity contribution in [3.05, 3.63) is 140 Å². The molecule has 0 radical (unpaired) electrons. The normalized spacial score (nSPS) is 10.5. The summed E-state index contributed by atoms with van der Waals surface area (Å²) in [5.74, 6) is 0.107. The lowest BCUT2D eigenvalue weighted by Crippen LogP contribution is -2.21. The molecule has 0 aromatic heterocycles. The standard InChI is InChI=1S/C19H14N4O6.C16H18N3S/c24-15-6-1-12(2-7-15)19(13-3-8-16(25)9-4-13)21-20-17-10-5-14(22(26)27)11-18(17)23(28)29;1-18(2)11-5-7-13-15(9-11)20-16-10-12(19(3)4)6-8-14(16)17-13/h1-11,20,24-25H;5-10H,1-4H3/q;+1. The Morgan fingerprint density at radius 3 is 1.98 bits per heavy atom. The second-order valence-corrected chi connectivity index (χ2v) is 12.3. The maximum absolute atomic E-state index is 11.3. The van der Waals surface area contributed by atoms with Gasteiger partial charge in [-0.05, 0) is 78.9 Å². The Hall–Kier alpha value is -6.41. The largest absolute Gasteiger partial charge is 0.508 e. The smallest absolute Gasteiger partial charge is 0.301 e. The van der Waals surface area contributed by atoms with Gasteiger partial charge in [-0.2, -0.15) is 5.10 Å². The first-order chi connectivity index (χ1) is 23.4. The van der Waals surface area contributed by atoms with E-state index in [0.717, 1.165) is 23.3 Å². The molecule has 0 unspecified atom stereocenters. The van der Waals surface area contributed by atoms with Crippen LogP contribution in [0.4, 0.5) is 22.7 Å². The number of fused-ring (bicyclic) bond motifs is 2. The lowest BCUT2D eigenvalue weighted by molar-refractivity contribution is -0.393. The van der Waals surface area contributed by atoms with Gasteiger partial charge in [-0.3, -0.25) is 25.7 Å². The highest BCUT2D eigenvalue weighted by Gasteiger charge is 2.20. The molecule has 14 heteroatoms. The third kappa shape index (κ3) is 8.12. The van der Waals surface area contributed by atoms with Crippen LogP contribution in [0.15, 0.2) is 108 Å². The second kappa shape index (κ2) is 14.6. The fourth-order valence-electron chi connectivity index (χ4n) is 4.69. The molecule has 2 aliphatic rings. The molecule has 248 valence electrons. The maximum Gasteiger partial charge on any atom is 0.301 e. The molecule has 0 atom stereocenters. The minimum atomic E-state index is -0.744. The molecule has 1 heterocycles. The Morgan fingerprint density at radius 1 is 0.796 bits per heavy atom. The molecule has 0 saturated carbocycles. The predicted molar refractivity (Wildman–Crippen MR) is 193 cm³/mol. The molecule has 6 rings (SSSR count). The van der Waals surface area contributed by atoms with Crippen LogP contribution < -0.4 is 20.3 Å². The lowest BCUT2D eigenvalue weighted by Gasteiger charge is -2.13. The van der Waals surface area contributed by atoms with E-state index in [-0.39, 0.29) is 17.2 Å². The van der Waals surface area contributed by atoms with Gasteiger partial charge in [-0.15, -0.1) is 11.3 Å². The van der Waals surface area contributed by atoms with Gasteiger partial charge in [-0.25, -0.2) is 9.56 Å². The van der Waals surface area contributed by atoms with Crippen molar-refractivity contribution >= 4 is 50.0 Å². The van der Waals surface area contributed by atoms with Gasteiger partial charge in [0.05, 0.1) is 42.4 Å². The highest BCUT2D eigenvalue weighted by atomic mass is 32.1. The van der Waals surface area contributed by atoms with Crippen molar-refractivity contribution < 1.29 is 20.1 Å². The lowest BCUT2D eigenvalue weighted by atomic mass is 10.0. The molecular weight excluding hydrogens is 646 g/mol. The molecule has 0 saturated heterocycles. The van der Waals surface area contributed by atoms with Gasteiger partial charge >= 0.3 is 5.69 Å². The van der Waals surface area contributed by atoms with Crippen LogP contribution in [-0.4, -0.2) is 58.9 Å². The highest BCUT2D eigenvalue weighted by Crippen LogP contribution is 2.32. The van der Waals surface area contributed by atoms with Crippen molar-refractivity contribution in [1.29, 1.82) is 0 Å². The number of hydrazone groups is 1. The van der Waals surface area contributed by atoms with E-state index in [9.17, 15) is 30.4 Å². The van der Waals surface area contributed by atoms with Gasteiger partial charge in [0, 0.05) is 49.1 Å². The summed E-state index contributed by atoms with van der Waals surface area (Å²) in [5, 5.41) is 46.6. The average Bonchev–Trinajstić information content (AvgIpc) is 3.08. The molecule has 0 bridgehead atoms. The number of rotatable bonds is 7. The number of nitrogens with zero attached hydrogens (tertiary/aromatic N) is 6. The van der Waals surface area contributed by atoms with E-state index in [2.05, 4.69) is 84.6 Å². The van der Waals surface area contributed by atoms with Crippen LogP contribution in [0.3, 0.4) is 0 Å². The molecule has 1 aliphatic heterocycles. The number of benzene rings is 5. The first-order valence-corrected chi connectivity index (χ1v) is 15.6. The van der Waals surface area contributed by atoms with E-state index in [1.165, 1.54) is 51.0 Å². The first kappa shape index (κ1) is 33.9. The maximum atomic E-state index is 11.3. The van der Waals surface area contributed by atoms with Crippen molar-refractivity contribution in [3.8, 4) is 22.1 Å². The van der Waals surface area contributed by atoms with Crippen LogP contribution in [0.5, 0.6) is 11.5 Å². The van der Waals surface area contributed by atoms with Gasteiger partial charge < -0.3 is 15.1 Å². The quantitative estimate of drug-likeness (QED) is 0.0578. The van der Waals surface area contributed by atoms with Crippen LogP contribution in [0, 0.1) is 20.2 Å². The molecule has 1 aliphatic carbocycles. The number of anilines is 2. The minimum absolute atomic E-state index is 0.0318. The fourth-order valence-corrected chi connectivity index (χ4v) is 5.72. The number of phenolic OH excluding ortho intramolecular Hbond substituents is 2. The van der Waals surface area contributed by atoms with E-state index in [0.29, 0.717) is 16.8 Å². The zero-order valence-electron chi connectivity index (χ0n) is 26.9. The number of hydrogen-bond acceptors (Lipinski definition) is 11. The van der Waals surface area contributed by atoms with Gasteiger partial charge in [0.15, 0.2) is 0 Å². The van der Waals surface area contributed by atoms with Crippen molar-refractivity contribution in [3.63, 3.8) is 0 Å². The Kier molecular flexibility index (Phi) is 10.1. The molecule has 0 amide bonds. The SMILES string of the molecule is CN(C)c1ccc2nc3ccc(=[N+](C)C)cc-3sc2c1.O=[N+]([O-])c1ccc(NN=C(c2ccc(O)cc2)c2ccc(O)cc2)c([N+](=O)[O-])c1. The fraction of sp³-hybridized carbons (Fsp3) is 0.114. The van der Waals surface area contributed by atoms with E-state index in [1.54, 1.807) is 35.6 Å². The number of nitro groups is 2. The summed E-state index contributed by atoms with van der Waals surface area (Å²) in [6, 6.07) is 28.3. The van der Waals surface area contributed by atoms with Crippen LogP contribution >= 0.6 is 11.3 Å². The molecule has 4 aromatic rings. The minimum Gasteiger partial charge on any atom is -0.508 e. The zero-order valence-corrected chi connectivity index (χ0v) is 27.8. The Balaban J connectivity index is 0.000000204. The molecule has 49 heavy (non-hydrogen) atoms. The van der Waals surface area contributed by atoms with Crippen LogP contribution in [-0.2, 0) is 0 Å². The summed E-state index contributed by atoms with van der Waals surface area (Å²) < 4.78 is 3.34. The number of nitro benzene ring substituents is 2. The molecule has 3 N–H and O–H groups in total. The number of aromatic nitrogens is 1. The van der Waals surface area contributed by atoms with Gasteiger partial charge in [0.1, 0.15) is 31.3 Å². The molecular formula is C35H32N7O6S+. The van der Waals surface area contributed by atoms with Gasteiger partial charge in [0.2, 0.25) is 5.36 Å². The predicted octanol–water partition coefficient (Wildman–Crippen LogP) is 6.28. The topological polar surface area (TPSA) is 170 Å². The molecule has 0 spiro atoms. The number of non-ortho nitro benzene ring substituents is 1. The molecule has 0 fully saturated rings. The summed E-state index contributed by atoms with van der Waals surface area (Å²) in [5.41, 5.74) is 6.52. The van der Waals surface area contributed by atoms with E-state index in [1.807, 2.05) is 0 Å². The van der Waals surface area contributed by atoms with Crippen LogP contribution in [0.2, 0.25) is 0 Å². The van der Waals surface area contributed by atoms with Crippen LogP contribution in [0.25, 0.3) is 20.8 Å². The van der Waals surface area contributed by atoms with Gasteiger partial charge in [-0.1, -0.05) is 0 Å². The first-order valence-electron chi connectivity index (χ1n) is 14.8. The Morgan fingerprint density at radius 2 is 1.43 bits per heavy atom. The number of hydrogen-bond donors (Lipinski definition) is 3. The van der Waals surface area contributed by atoms with E-state index < -0.39 is 21.2 Å². The average molecular weight is 679 g/mol. The highest BCUT2D eigenvalue weighted by molar-refractivity contribution is 7.21. The molecule has 4 aromatic carbocycles. The third-order valence-corrected chi connectivity index (χ3v) is 8.43. The number of nitrogens with one attached hydrogen (secondary N) is 1. The summed E-state index contributed by atoms with van der Waals surface area (Å²) >= 11 is 1.80. The summed E-state index contributed by atoms with van der Waals surface area (Å²) in [4.78, 5) is 28.8. The summed E-state index contributed by atoms with van der Waals surface area (Å²) in [7, 11) is 8.24. The van der Waals surface area contributed by atoms with Crippen molar-refractivity contribution in [2.24, 2.45) is 5.10 Å². The summed E-state index contributed by atoms with van der Waals surface area (Å²) in [6.07, 6.45) is 0. The Bertz CT molecular complexity index is 2180. The monoisotopic (exact) mass is 678 g/mol. The second-order valence-electron chi connectivity index (χ2n) is 11.2.